The van der Waals surface area contributed by atoms with Crippen molar-refractivity contribution in [2.24, 2.45) is 5.92 Å². The van der Waals surface area contributed by atoms with Gasteiger partial charge in [0.25, 0.3) is 5.91 Å². The fraction of sp³-hybridized carbons (Fsp3) is 0.400. The lowest BCUT2D eigenvalue weighted by Gasteiger charge is -2.10. The van der Waals surface area contributed by atoms with Gasteiger partial charge in [-0.25, -0.2) is 4.98 Å². The quantitative estimate of drug-likeness (QED) is 0.814. The van der Waals surface area contributed by atoms with Gasteiger partial charge >= 0.3 is 0 Å². The smallest absolute Gasteiger partial charge is 0.251 e. The van der Waals surface area contributed by atoms with Crippen LogP contribution < -0.4 is 10.1 Å². The third-order valence-corrected chi connectivity index (χ3v) is 2.79. The van der Waals surface area contributed by atoms with Gasteiger partial charge in [-0.1, -0.05) is 19.9 Å². The van der Waals surface area contributed by atoms with E-state index < -0.39 is 0 Å². The molecule has 0 bridgehead atoms. The molecule has 0 fully saturated rings. The maximum absolute atomic E-state index is 12.1. The van der Waals surface area contributed by atoms with Crippen LogP contribution in [-0.4, -0.2) is 34.2 Å². The molecule has 1 aromatic carbocycles. The summed E-state index contributed by atoms with van der Waals surface area (Å²) in [6, 6.07) is 7.20. The summed E-state index contributed by atoms with van der Waals surface area (Å²) in [5.41, 5.74) is 0.592. The number of carbonyl (C=O) groups is 1. The van der Waals surface area contributed by atoms with Gasteiger partial charge in [0, 0.05) is 18.5 Å². The van der Waals surface area contributed by atoms with E-state index in [-0.39, 0.29) is 5.91 Å². The zero-order valence-corrected chi connectivity index (χ0v) is 12.3. The first-order chi connectivity index (χ1) is 10.1. The number of ether oxygens (including phenoxy) is 1. The molecule has 1 heterocycles. The van der Waals surface area contributed by atoms with Crippen molar-refractivity contribution < 1.29 is 9.53 Å². The first-order valence-electron chi connectivity index (χ1n) is 7.00. The summed E-state index contributed by atoms with van der Waals surface area (Å²) in [6.45, 7) is 5.31. The van der Waals surface area contributed by atoms with Gasteiger partial charge in [-0.05, 0) is 24.1 Å². The molecule has 0 aliphatic heterocycles. The highest BCUT2D eigenvalue weighted by Gasteiger charge is 2.07. The van der Waals surface area contributed by atoms with Gasteiger partial charge in [0.05, 0.1) is 6.61 Å². The molecule has 0 spiro atoms. The Morgan fingerprint density at radius 2 is 2.29 bits per heavy atom. The molecule has 2 rings (SSSR count). The second-order valence-electron chi connectivity index (χ2n) is 5.17. The van der Waals surface area contributed by atoms with Crippen LogP contribution in [0.2, 0.25) is 0 Å². The molecule has 1 amide bonds. The molecule has 1 aromatic heterocycles. The van der Waals surface area contributed by atoms with E-state index in [4.69, 9.17) is 4.74 Å². The fourth-order valence-corrected chi connectivity index (χ4v) is 1.74. The monoisotopic (exact) mass is 288 g/mol. The molecule has 0 aliphatic rings. The van der Waals surface area contributed by atoms with Crippen LogP contribution in [-0.2, 0) is 6.42 Å². The number of H-pyrrole nitrogens is 1. The molecule has 0 aliphatic carbocycles. The lowest BCUT2D eigenvalue weighted by molar-refractivity contribution is 0.0953. The summed E-state index contributed by atoms with van der Waals surface area (Å²) in [5, 5.41) is 9.36. The highest BCUT2D eigenvalue weighted by molar-refractivity contribution is 5.94. The predicted octanol–water partition coefficient (Wildman–Crippen LogP) is 1.81. The lowest BCUT2D eigenvalue weighted by Crippen LogP contribution is -2.26. The molecule has 0 saturated heterocycles. The normalized spacial score (nSPS) is 10.6. The summed E-state index contributed by atoms with van der Waals surface area (Å²) in [6.07, 6.45) is 2.07. The Morgan fingerprint density at radius 1 is 1.43 bits per heavy atom. The van der Waals surface area contributed by atoms with Gasteiger partial charge in [-0.15, -0.1) is 0 Å². The molecular weight excluding hydrogens is 268 g/mol. The van der Waals surface area contributed by atoms with E-state index in [0.717, 1.165) is 5.82 Å². The van der Waals surface area contributed by atoms with Crippen LogP contribution in [0.15, 0.2) is 30.6 Å². The van der Waals surface area contributed by atoms with Gasteiger partial charge in [0.2, 0.25) is 0 Å². The van der Waals surface area contributed by atoms with Crippen molar-refractivity contribution in [3.63, 3.8) is 0 Å². The Hall–Kier alpha value is -2.37. The number of aromatic amines is 1. The lowest BCUT2D eigenvalue weighted by atomic mass is 10.2. The average molecular weight is 288 g/mol. The molecule has 0 saturated carbocycles. The van der Waals surface area contributed by atoms with Crippen LogP contribution in [0.25, 0.3) is 0 Å². The van der Waals surface area contributed by atoms with Crippen LogP contribution in [0.4, 0.5) is 0 Å². The van der Waals surface area contributed by atoms with Crippen molar-refractivity contribution in [3.8, 4) is 5.75 Å². The first-order valence-corrected chi connectivity index (χ1v) is 7.00. The summed E-state index contributed by atoms with van der Waals surface area (Å²) >= 11 is 0. The number of benzene rings is 1. The summed E-state index contributed by atoms with van der Waals surface area (Å²) in [7, 11) is 0. The van der Waals surface area contributed by atoms with Crippen LogP contribution >= 0.6 is 0 Å². The topological polar surface area (TPSA) is 79.9 Å². The zero-order valence-electron chi connectivity index (χ0n) is 12.3. The van der Waals surface area contributed by atoms with Gasteiger partial charge in [-0.3, -0.25) is 9.89 Å². The number of rotatable bonds is 7. The molecule has 2 aromatic rings. The van der Waals surface area contributed by atoms with Crippen molar-refractivity contribution in [2.75, 3.05) is 13.2 Å². The third kappa shape index (κ3) is 4.91. The van der Waals surface area contributed by atoms with Crippen LogP contribution in [0, 0.1) is 5.92 Å². The minimum atomic E-state index is -0.121. The molecule has 0 radical (unpaired) electrons. The second-order valence-corrected chi connectivity index (χ2v) is 5.17. The number of hydrogen-bond donors (Lipinski definition) is 2. The third-order valence-electron chi connectivity index (χ3n) is 2.79. The Balaban J connectivity index is 1.85. The molecule has 0 atom stereocenters. The van der Waals surface area contributed by atoms with Gasteiger partial charge in [0.15, 0.2) is 0 Å². The number of amides is 1. The molecular formula is C15H20N4O2. The molecule has 2 N–H and O–H groups in total. The van der Waals surface area contributed by atoms with E-state index >= 15 is 0 Å². The summed E-state index contributed by atoms with van der Waals surface area (Å²) in [4.78, 5) is 16.1. The minimum Gasteiger partial charge on any atom is -0.493 e. The molecule has 0 unspecified atom stereocenters. The number of aromatic nitrogens is 3. The van der Waals surface area contributed by atoms with Crippen LogP contribution in [0.5, 0.6) is 5.75 Å². The Kier molecular flexibility index (Phi) is 5.31. The standard InChI is InChI=1S/C15H20N4O2/c1-11(2)9-21-13-5-3-4-12(8-13)15(20)16-7-6-14-17-10-18-19-14/h3-5,8,10-11H,6-7,9H2,1-2H3,(H,16,20)(H,17,18,19). The van der Waals surface area contributed by atoms with Crippen molar-refractivity contribution in [2.45, 2.75) is 20.3 Å². The van der Waals surface area contributed by atoms with E-state index in [9.17, 15) is 4.79 Å². The van der Waals surface area contributed by atoms with Crippen LogP contribution in [0.1, 0.15) is 30.0 Å². The van der Waals surface area contributed by atoms with Crippen molar-refractivity contribution >= 4 is 5.91 Å². The van der Waals surface area contributed by atoms with E-state index in [0.29, 0.717) is 36.8 Å². The van der Waals surface area contributed by atoms with E-state index in [1.807, 2.05) is 12.1 Å². The number of nitrogens with zero attached hydrogens (tertiary/aromatic N) is 2. The highest BCUT2D eigenvalue weighted by atomic mass is 16.5. The highest BCUT2D eigenvalue weighted by Crippen LogP contribution is 2.14. The molecule has 6 heteroatoms. The van der Waals surface area contributed by atoms with Gasteiger partial charge in [-0.2, -0.15) is 5.10 Å². The predicted molar refractivity (Wildman–Crippen MR) is 79.2 cm³/mol. The number of nitrogens with one attached hydrogen (secondary N) is 2. The van der Waals surface area contributed by atoms with Crippen molar-refractivity contribution in [1.82, 2.24) is 20.5 Å². The Morgan fingerprint density at radius 3 is 3.00 bits per heavy atom. The van der Waals surface area contributed by atoms with Gasteiger partial charge in [0.1, 0.15) is 17.9 Å². The maximum Gasteiger partial charge on any atom is 0.251 e. The van der Waals surface area contributed by atoms with Crippen molar-refractivity contribution in [1.29, 1.82) is 0 Å². The van der Waals surface area contributed by atoms with Gasteiger partial charge < -0.3 is 10.1 Å². The van der Waals surface area contributed by atoms with E-state index in [1.165, 1.54) is 6.33 Å². The van der Waals surface area contributed by atoms with Crippen LogP contribution in [0.3, 0.4) is 0 Å². The first kappa shape index (κ1) is 15.0. The fourth-order valence-electron chi connectivity index (χ4n) is 1.74. The molecule has 112 valence electrons. The van der Waals surface area contributed by atoms with Crippen molar-refractivity contribution in [3.05, 3.63) is 42.0 Å². The van der Waals surface area contributed by atoms with E-state index in [1.54, 1.807) is 12.1 Å². The average Bonchev–Trinajstić information content (AvgIpc) is 2.98. The SMILES string of the molecule is CC(C)COc1cccc(C(=O)NCCc2ncn[nH]2)c1. The minimum absolute atomic E-state index is 0.121. The Labute approximate surface area is 123 Å². The number of hydrogen-bond acceptors (Lipinski definition) is 4. The Bertz CT molecular complexity index is 567. The van der Waals surface area contributed by atoms with E-state index in [2.05, 4.69) is 34.3 Å². The largest absolute Gasteiger partial charge is 0.493 e. The second kappa shape index (κ2) is 7.42. The zero-order chi connectivity index (χ0) is 15.1. The molecule has 6 nitrogen and oxygen atoms in total. The molecule has 21 heavy (non-hydrogen) atoms. The maximum atomic E-state index is 12.1. The summed E-state index contributed by atoms with van der Waals surface area (Å²) in [5.74, 6) is 1.80. The summed E-state index contributed by atoms with van der Waals surface area (Å²) < 4.78 is 5.62. The number of carbonyl (C=O) groups excluding carboxylic acids is 1.